The first-order valence-electron chi connectivity index (χ1n) is 4.26. The molecule has 1 aromatic rings. The minimum Gasteiger partial charge on any atom is -0.392 e. The van der Waals surface area contributed by atoms with E-state index in [0.717, 1.165) is 18.7 Å². The molecule has 1 aromatic carbocycles. The van der Waals surface area contributed by atoms with Gasteiger partial charge in [0.15, 0.2) is 0 Å². The maximum absolute atomic E-state index is 8.99. The highest BCUT2D eigenvalue weighted by Gasteiger charge is 1.97. The van der Waals surface area contributed by atoms with E-state index in [1.54, 1.807) is 0 Å². The molecule has 0 aromatic heterocycles. The van der Waals surface area contributed by atoms with Crippen molar-refractivity contribution in [3.8, 4) is 0 Å². The van der Waals surface area contributed by atoms with Gasteiger partial charge in [-0.25, -0.2) is 0 Å². The van der Waals surface area contributed by atoms with Gasteiger partial charge in [-0.1, -0.05) is 31.2 Å². The van der Waals surface area contributed by atoms with Crippen LogP contribution in [0.15, 0.2) is 24.3 Å². The summed E-state index contributed by atoms with van der Waals surface area (Å²) in [4.78, 5) is 0. The zero-order chi connectivity index (χ0) is 8.81. The SMILES string of the molecule is CCNCc1ccccc1CO. The third-order valence-electron chi connectivity index (χ3n) is 1.85. The Bertz CT molecular complexity index is 235. The summed E-state index contributed by atoms with van der Waals surface area (Å²) in [6.45, 7) is 4.00. The lowest BCUT2D eigenvalue weighted by Gasteiger charge is -2.06. The normalized spacial score (nSPS) is 10.2. The molecule has 0 saturated carbocycles. The van der Waals surface area contributed by atoms with E-state index in [0.29, 0.717) is 0 Å². The lowest BCUT2D eigenvalue weighted by molar-refractivity contribution is 0.280. The van der Waals surface area contributed by atoms with Gasteiger partial charge < -0.3 is 10.4 Å². The molecule has 0 radical (unpaired) electrons. The first kappa shape index (κ1) is 9.23. The Kier molecular flexibility index (Phi) is 3.77. The molecule has 1 rings (SSSR count). The number of aliphatic hydroxyl groups excluding tert-OH is 1. The van der Waals surface area contributed by atoms with Gasteiger partial charge in [-0.3, -0.25) is 0 Å². The molecule has 0 bridgehead atoms. The lowest BCUT2D eigenvalue weighted by Crippen LogP contribution is -2.13. The van der Waals surface area contributed by atoms with E-state index < -0.39 is 0 Å². The van der Waals surface area contributed by atoms with Crippen molar-refractivity contribution in [1.82, 2.24) is 5.32 Å². The smallest absolute Gasteiger partial charge is 0.0685 e. The van der Waals surface area contributed by atoms with Crippen LogP contribution in [-0.2, 0) is 13.2 Å². The third-order valence-corrected chi connectivity index (χ3v) is 1.85. The number of aliphatic hydroxyl groups is 1. The molecule has 2 nitrogen and oxygen atoms in total. The molecule has 0 atom stereocenters. The van der Waals surface area contributed by atoms with Crippen LogP contribution in [0.2, 0.25) is 0 Å². The van der Waals surface area contributed by atoms with Crippen LogP contribution in [0.5, 0.6) is 0 Å². The van der Waals surface area contributed by atoms with Gasteiger partial charge in [0.1, 0.15) is 0 Å². The molecular formula is C10H15NO. The Morgan fingerprint density at radius 2 is 1.92 bits per heavy atom. The highest BCUT2D eigenvalue weighted by Crippen LogP contribution is 2.07. The summed E-state index contributed by atoms with van der Waals surface area (Å²) in [7, 11) is 0. The van der Waals surface area contributed by atoms with E-state index in [2.05, 4.69) is 12.2 Å². The molecule has 0 aliphatic carbocycles. The lowest BCUT2D eigenvalue weighted by atomic mass is 10.1. The van der Waals surface area contributed by atoms with Crippen molar-refractivity contribution in [2.75, 3.05) is 6.54 Å². The van der Waals surface area contributed by atoms with E-state index >= 15 is 0 Å². The van der Waals surface area contributed by atoms with Crippen LogP contribution in [0.4, 0.5) is 0 Å². The molecule has 2 heteroatoms. The van der Waals surface area contributed by atoms with Gasteiger partial charge in [0.2, 0.25) is 0 Å². The molecule has 0 saturated heterocycles. The van der Waals surface area contributed by atoms with E-state index in [9.17, 15) is 0 Å². The number of nitrogens with one attached hydrogen (secondary N) is 1. The van der Waals surface area contributed by atoms with Crippen molar-refractivity contribution in [3.63, 3.8) is 0 Å². The van der Waals surface area contributed by atoms with Crippen LogP contribution < -0.4 is 5.32 Å². The van der Waals surface area contributed by atoms with Crippen molar-refractivity contribution >= 4 is 0 Å². The Morgan fingerprint density at radius 3 is 2.50 bits per heavy atom. The summed E-state index contributed by atoms with van der Waals surface area (Å²) in [5.74, 6) is 0. The van der Waals surface area contributed by atoms with Gasteiger partial charge in [0, 0.05) is 6.54 Å². The molecule has 0 unspecified atom stereocenters. The second-order valence-corrected chi connectivity index (χ2v) is 2.71. The summed E-state index contributed by atoms with van der Waals surface area (Å²) in [5, 5.41) is 12.2. The highest BCUT2D eigenvalue weighted by atomic mass is 16.3. The first-order valence-corrected chi connectivity index (χ1v) is 4.26. The fraction of sp³-hybridized carbons (Fsp3) is 0.400. The van der Waals surface area contributed by atoms with E-state index in [1.165, 1.54) is 5.56 Å². The molecule has 0 aliphatic heterocycles. The van der Waals surface area contributed by atoms with E-state index in [-0.39, 0.29) is 6.61 Å². The van der Waals surface area contributed by atoms with Gasteiger partial charge in [-0.05, 0) is 17.7 Å². The largest absolute Gasteiger partial charge is 0.392 e. The van der Waals surface area contributed by atoms with E-state index in [1.807, 2.05) is 24.3 Å². The van der Waals surface area contributed by atoms with Gasteiger partial charge in [-0.15, -0.1) is 0 Å². The van der Waals surface area contributed by atoms with Crippen molar-refractivity contribution in [3.05, 3.63) is 35.4 Å². The van der Waals surface area contributed by atoms with Crippen molar-refractivity contribution in [2.24, 2.45) is 0 Å². The molecular weight excluding hydrogens is 150 g/mol. The second kappa shape index (κ2) is 4.91. The maximum Gasteiger partial charge on any atom is 0.0685 e. The summed E-state index contributed by atoms with van der Waals surface area (Å²) >= 11 is 0. The fourth-order valence-corrected chi connectivity index (χ4v) is 1.14. The van der Waals surface area contributed by atoms with Crippen LogP contribution in [0, 0.1) is 0 Å². The monoisotopic (exact) mass is 165 g/mol. The maximum atomic E-state index is 8.99. The number of hydrogen-bond acceptors (Lipinski definition) is 2. The zero-order valence-electron chi connectivity index (χ0n) is 7.38. The number of rotatable bonds is 4. The van der Waals surface area contributed by atoms with Gasteiger partial charge in [0.25, 0.3) is 0 Å². The Morgan fingerprint density at radius 1 is 1.25 bits per heavy atom. The molecule has 2 N–H and O–H groups in total. The van der Waals surface area contributed by atoms with Crippen LogP contribution in [0.25, 0.3) is 0 Å². The zero-order valence-corrected chi connectivity index (χ0v) is 7.38. The molecule has 0 heterocycles. The highest BCUT2D eigenvalue weighted by molar-refractivity contribution is 5.26. The molecule has 0 aliphatic rings. The molecule has 0 spiro atoms. The van der Waals surface area contributed by atoms with Crippen LogP contribution in [-0.4, -0.2) is 11.7 Å². The standard InChI is InChI=1S/C10H15NO/c1-2-11-7-9-5-3-4-6-10(9)8-12/h3-6,11-12H,2,7-8H2,1H3. The molecule has 0 amide bonds. The van der Waals surface area contributed by atoms with Gasteiger partial charge in [0.05, 0.1) is 6.61 Å². The van der Waals surface area contributed by atoms with Crippen LogP contribution in [0.1, 0.15) is 18.1 Å². The first-order chi connectivity index (χ1) is 5.88. The quantitative estimate of drug-likeness (QED) is 0.704. The summed E-state index contributed by atoms with van der Waals surface area (Å²) in [6.07, 6.45) is 0. The minimum absolute atomic E-state index is 0.127. The fourth-order valence-electron chi connectivity index (χ4n) is 1.14. The predicted molar refractivity (Wildman–Crippen MR) is 49.7 cm³/mol. The predicted octanol–water partition coefficient (Wildman–Crippen LogP) is 1.29. The number of hydrogen-bond donors (Lipinski definition) is 2. The Labute approximate surface area is 73.2 Å². The summed E-state index contributed by atoms with van der Waals surface area (Å²) < 4.78 is 0. The average Bonchev–Trinajstić information content (AvgIpc) is 2.15. The molecule has 66 valence electrons. The van der Waals surface area contributed by atoms with E-state index in [4.69, 9.17) is 5.11 Å². The molecule has 0 fully saturated rings. The van der Waals surface area contributed by atoms with Crippen molar-refractivity contribution in [2.45, 2.75) is 20.1 Å². The van der Waals surface area contributed by atoms with Gasteiger partial charge >= 0.3 is 0 Å². The van der Waals surface area contributed by atoms with Crippen molar-refractivity contribution in [1.29, 1.82) is 0 Å². The Balaban J connectivity index is 2.68. The summed E-state index contributed by atoms with van der Waals surface area (Å²) in [5.41, 5.74) is 2.19. The van der Waals surface area contributed by atoms with Crippen LogP contribution in [0.3, 0.4) is 0 Å². The second-order valence-electron chi connectivity index (χ2n) is 2.71. The van der Waals surface area contributed by atoms with Gasteiger partial charge in [-0.2, -0.15) is 0 Å². The molecule has 12 heavy (non-hydrogen) atoms. The van der Waals surface area contributed by atoms with Crippen molar-refractivity contribution < 1.29 is 5.11 Å². The van der Waals surface area contributed by atoms with Crippen LogP contribution >= 0.6 is 0 Å². The summed E-state index contributed by atoms with van der Waals surface area (Å²) in [6, 6.07) is 7.92. The Hall–Kier alpha value is -0.860. The number of benzene rings is 1. The average molecular weight is 165 g/mol. The third kappa shape index (κ3) is 2.32. The minimum atomic E-state index is 0.127. The topological polar surface area (TPSA) is 32.3 Å².